The molecule has 1 unspecified atom stereocenters. The second kappa shape index (κ2) is 4.87. The summed E-state index contributed by atoms with van der Waals surface area (Å²) >= 11 is 0. The summed E-state index contributed by atoms with van der Waals surface area (Å²) in [5.74, 6) is -0.990. The highest BCUT2D eigenvalue weighted by molar-refractivity contribution is 5.86. The third-order valence-corrected chi connectivity index (χ3v) is 1.89. The highest BCUT2D eigenvalue weighted by Crippen LogP contribution is 2.14. The van der Waals surface area contributed by atoms with Gasteiger partial charge in [-0.3, -0.25) is 0 Å². The van der Waals surface area contributed by atoms with Gasteiger partial charge < -0.3 is 15.1 Å². The number of hydrogen-bond donors (Lipinski definition) is 2. The predicted octanol–water partition coefficient (Wildman–Crippen LogP) is 0.677. The third kappa shape index (κ3) is 3.06. The Labute approximate surface area is 78.5 Å². The fourth-order valence-electron chi connectivity index (χ4n) is 1.19. The second-order valence-electron chi connectivity index (χ2n) is 3.13. The van der Waals surface area contributed by atoms with Crippen LogP contribution in [0.1, 0.15) is 20.3 Å². The maximum atomic E-state index is 10.7. The topological polar surface area (TPSA) is 60.8 Å². The van der Waals surface area contributed by atoms with Crippen LogP contribution in [0.15, 0.2) is 11.3 Å². The molecule has 0 aromatic carbocycles. The molecule has 4 heteroatoms. The Kier molecular flexibility index (Phi) is 4.48. The molecule has 0 spiro atoms. The Bertz CT molecular complexity index is 221. The fourth-order valence-corrected chi connectivity index (χ4v) is 1.19. The van der Waals surface area contributed by atoms with Crippen LogP contribution < -0.4 is 0 Å². The highest BCUT2D eigenvalue weighted by Gasteiger charge is 2.17. The molecule has 0 aromatic rings. The Morgan fingerprint density at radius 3 is 2.15 bits per heavy atom. The van der Waals surface area contributed by atoms with E-state index in [9.17, 15) is 9.90 Å². The summed E-state index contributed by atoms with van der Waals surface area (Å²) in [7, 11) is 3.45. The summed E-state index contributed by atoms with van der Waals surface area (Å²) in [4.78, 5) is 12.3. The molecule has 1 atom stereocenters. The summed E-state index contributed by atoms with van der Waals surface area (Å²) in [6, 6.07) is 0. The van der Waals surface area contributed by atoms with Gasteiger partial charge in [-0.1, -0.05) is 6.92 Å². The maximum Gasteiger partial charge on any atom is 0.333 e. The summed E-state index contributed by atoms with van der Waals surface area (Å²) in [5.41, 5.74) is 0.661. The second-order valence-corrected chi connectivity index (χ2v) is 3.13. The lowest BCUT2D eigenvalue weighted by Crippen LogP contribution is -2.26. The molecular formula is C9H17NO3. The average molecular weight is 187 g/mol. The first-order valence-electron chi connectivity index (χ1n) is 4.21. The van der Waals surface area contributed by atoms with E-state index >= 15 is 0 Å². The number of rotatable bonds is 4. The van der Waals surface area contributed by atoms with Crippen molar-refractivity contribution < 1.29 is 15.0 Å². The number of nitrogens with zero attached hydrogens (tertiary/aromatic N) is 1. The average Bonchev–Trinajstić information content (AvgIpc) is 2.03. The molecular weight excluding hydrogens is 170 g/mol. The van der Waals surface area contributed by atoms with Gasteiger partial charge in [-0.05, 0) is 13.3 Å². The molecule has 0 aliphatic rings. The van der Waals surface area contributed by atoms with Crippen molar-refractivity contribution in [2.75, 3.05) is 14.1 Å². The number of hydrogen-bond acceptors (Lipinski definition) is 3. The maximum absolute atomic E-state index is 10.7. The fraction of sp³-hybridized carbons (Fsp3) is 0.667. The zero-order chi connectivity index (χ0) is 10.6. The lowest BCUT2D eigenvalue weighted by atomic mass is 10.1. The van der Waals surface area contributed by atoms with Crippen molar-refractivity contribution in [1.29, 1.82) is 0 Å². The minimum Gasteiger partial charge on any atom is -0.478 e. The first-order valence-corrected chi connectivity index (χ1v) is 4.21. The first kappa shape index (κ1) is 12.0. The van der Waals surface area contributed by atoms with E-state index in [-0.39, 0.29) is 5.57 Å². The number of aliphatic carboxylic acids is 1. The van der Waals surface area contributed by atoms with Gasteiger partial charge in [0.1, 0.15) is 0 Å². The molecule has 4 nitrogen and oxygen atoms in total. The van der Waals surface area contributed by atoms with E-state index in [1.54, 1.807) is 19.0 Å². The molecule has 76 valence electrons. The van der Waals surface area contributed by atoms with E-state index in [0.717, 1.165) is 0 Å². The standard InChI is InChI=1S/C9H17NO3/c1-5-7(11)8(10(3)4)6(2)9(12)13/h7,11H,5H2,1-4H3,(H,12,13)/b8-6+. The van der Waals surface area contributed by atoms with E-state index in [4.69, 9.17) is 5.11 Å². The highest BCUT2D eigenvalue weighted by atomic mass is 16.4. The molecule has 0 rings (SSSR count). The Hall–Kier alpha value is -1.03. The van der Waals surface area contributed by atoms with Crippen molar-refractivity contribution in [3.05, 3.63) is 11.3 Å². The minimum absolute atomic E-state index is 0.194. The summed E-state index contributed by atoms with van der Waals surface area (Å²) in [6.07, 6.45) is -0.191. The van der Waals surface area contributed by atoms with E-state index in [1.807, 2.05) is 6.92 Å². The first-order chi connectivity index (χ1) is 5.91. The van der Waals surface area contributed by atoms with Crippen molar-refractivity contribution in [3.8, 4) is 0 Å². The van der Waals surface area contributed by atoms with E-state index < -0.39 is 12.1 Å². The lowest BCUT2D eigenvalue weighted by Gasteiger charge is -2.23. The number of aliphatic hydroxyl groups excluding tert-OH is 1. The molecule has 0 saturated carbocycles. The number of likely N-dealkylation sites (N-methyl/N-ethyl adjacent to an activating group) is 1. The van der Waals surface area contributed by atoms with Crippen molar-refractivity contribution in [3.63, 3.8) is 0 Å². The third-order valence-electron chi connectivity index (χ3n) is 1.89. The van der Waals surface area contributed by atoms with Gasteiger partial charge in [-0.15, -0.1) is 0 Å². The van der Waals surface area contributed by atoms with Gasteiger partial charge in [0.25, 0.3) is 0 Å². The van der Waals surface area contributed by atoms with Crippen LogP contribution in [0, 0.1) is 0 Å². The zero-order valence-electron chi connectivity index (χ0n) is 8.53. The number of carboxylic acid groups (broad SMARTS) is 1. The normalized spacial score (nSPS) is 14.8. The molecule has 0 saturated heterocycles. The van der Waals surface area contributed by atoms with Crippen LogP contribution in [0.5, 0.6) is 0 Å². The van der Waals surface area contributed by atoms with Crippen molar-refractivity contribution >= 4 is 5.97 Å². The van der Waals surface area contributed by atoms with Crippen molar-refractivity contribution in [2.24, 2.45) is 0 Å². The van der Waals surface area contributed by atoms with Crippen LogP contribution in [0.4, 0.5) is 0 Å². The van der Waals surface area contributed by atoms with Gasteiger partial charge in [0.05, 0.1) is 17.4 Å². The van der Waals surface area contributed by atoms with Crippen LogP contribution in [0.25, 0.3) is 0 Å². The van der Waals surface area contributed by atoms with Crippen LogP contribution in [0.2, 0.25) is 0 Å². The van der Waals surface area contributed by atoms with Crippen molar-refractivity contribution in [1.82, 2.24) is 4.90 Å². The molecule has 0 aromatic heterocycles. The van der Waals surface area contributed by atoms with Crippen LogP contribution in [-0.2, 0) is 4.79 Å². The van der Waals surface area contributed by atoms with E-state index in [2.05, 4.69) is 0 Å². The molecule has 0 fully saturated rings. The molecule has 0 heterocycles. The lowest BCUT2D eigenvalue weighted by molar-refractivity contribution is -0.132. The van der Waals surface area contributed by atoms with Gasteiger partial charge >= 0.3 is 5.97 Å². The zero-order valence-corrected chi connectivity index (χ0v) is 8.53. The van der Waals surface area contributed by atoms with Crippen molar-refractivity contribution in [2.45, 2.75) is 26.4 Å². The number of aliphatic hydroxyl groups is 1. The van der Waals surface area contributed by atoms with Crippen LogP contribution in [-0.4, -0.2) is 41.3 Å². The monoisotopic (exact) mass is 187 g/mol. The van der Waals surface area contributed by atoms with Gasteiger partial charge in [0.2, 0.25) is 0 Å². The van der Waals surface area contributed by atoms with Crippen LogP contribution in [0.3, 0.4) is 0 Å². The van der Waals surface area contributed by atoms with E-state index in [1.165, 1.54) is 6.92 Å². The summed E-state index contributed by atoms with van der Waals surface area (Å²) < 4.78 is 0. The molecule has 2 N–H and O–H groups in total. The Balaban J connectivity index is 4.99. The SMILES string of the molecule is CCC(O)/C(=C(/C)C(=O)O)N(C)C. The van der Waals surface area contributed by atoms with Gasteiger partial charge in [0, 0.05) is 14.1 Å². The number of carbonyl (C=O) groups is 1. The molecule has 0 aliphatic heterocycles. The Morgan fingerprint density at radius 2 is 1.92 bits per heavy atom. The molecule has 13 heavy (non-hydrogen) atoms. The molecule has 0 aliphatic carbocycles. The molecule has 0 radical (unpaired) electrons. The van der Waals surface area contributed by atoms with Gasteiger partial charge in [0.15, 0.2) is 0 Å². The van der Waals surface area contributed by atoms with Crippen LogP contribution >= 0.6 is 0 Å². The summed E-state index contributed by atoms with van der Waals surface area (Å²) in [6.45, 7) is 3.31. The predicted molar refractivity (Wildman–Crippen MR) is 50.3 cm³/mol. The summed E-state index contributed by atoms with van der Waals surface area (Å²) in [5, 5.41) is 18.3. The smallest absolute Gasteiger partial charge is 0.333 e. The number of carboxylic acids is 1. The van der Waals surface area contributed by atoms with E-state index in [0.29, 0.717) is 12.1 Å². The molecule has 0 amide bonds. The molecule has 0 bridgehead atoms. The quantitative estimate of drug-likeness (QED) is 0.635. The minimum atomic E-state index is -0.990. The van der Waals surface area contributed by atoms with Gasteiger partial charge in [-0.25, -0.2) is 4.79 Å². The largest absolute Gasteiger partial charge is 0.478 e. The van der Waals surface area contributed by atoms with Gasteiger partial charge in [-0.2, -0.15) is 0 Å². The Morgan fingerprint density at radius 1 is 1.46 bits per heavy atom.